The molecule has 3 nitrogen and oxygen atoms in total. The molecule has 0 aromatic carbocycles. The molecule has 2 aliphatic carbocycles. The Labute approximate surface area is 119 Å². The Bertz CT molecular complexity index is 267. The van der Waals surface area contributed by atoms with Gasteiger partial charge in [0.25, 0.3) is 0 Å². The molecule has 1 N–H and O–H groups in total. The van der Waals surface area contributed by atoms with Gasteiger partial charge in [0.05, 0.1) is 6.61 Å². The highest BCUT2D eigenvalue weighted by atomic mass is 16.5. The van der Waals surface area contributed by atoms with Crippen LogP contribution in [0.5, 0.6) is 0 Å². The molecule has 0 aliphatic heterocycles. The lowest BCUT2D eigenvalue weighted by atomic mass is 9.69. The zero-order chi connectivity index (χ0) is 13.7. The van der Waals surface area contributed by atoms with Crippen molar-refractivity contribution < 1.29 is 4.74 Å². The molecule has 2 unspecified atom stereocenters. The van der Waals surface area contributed by atoms with Crippen LogP contribution in [0.15, 0.2) is 0 Å². The van der Waals surface area contributed by atoms with Gasteiger partial charge in [0.2, 0.25) is 0 Å². The second-order valence-corrected chi connectivity index (χ2v) is 7.09. The first-order valence-electron chi connectivity index (χ1n) is 8.04. The van der Waals surface area contributed by atoms with Crippen molar-refractivity contribution in [1.82, 2.24) is 10.2 Å². The lowest BCUT2D eigenvalue weighted by molar-refractivity contribution is 0.0761. The van der Waals surface area contributed by atoms with Crippen LogP contribution in [-0.4, -0.2) is 51.3 Å². The second-order valence-electron chi connectivity index (χ2n) is 7.09. The van der Waals surface area contributed by atoms with E-state index in [2.05, 4.69) is 24.2 Å². The van der Waals surface area contributed by atoms with Crippen LogP contribution in [0, 0.1) is 11.3 Å². The zero-order valence-electron chi connectivity index (χ0n) is 13.1. The van der Waals surface area contributed by atoms with Crippen molar-refractivity contribution in [2.45, 2.75) is 51.5 Å². The maximum absolute atomic E-state index is 5.21. The first-order valence-corrected chi connectivity index (χ1v) is 8.04. The molecule has 2 saturated carbocycles. The number of nitrogens with one attached hydrogen (secondary N) is 1. The molecule has 0 amide bonds. The van der Waals surface area contributed by atoms with E-state index in [-0.39, 0.29) is 0 Å². The van der Waals surface area contributed by atoms with E-state index in [9.17, 15) is 0 Å². The zero-order valence-corrected chi connectivity index (χ0v) is 13.1. The molecule has 19 heavy (non-hydrogen) atoms. The highest BCUT2D eigenvalue weighted by Crippen LogP contribution is 2.40. The molecule has 0 radical (unpaired) electrons. The molecule has 112 valence electrons. The van der Waals surface area contributed by atoms with Gasteiger partial charge in [-0.1, -0.05) is 19.8 Å². The number of methoxy groups -OCH3 is 1. The minimum atomic E-state index is 0.503. The Morgan fingerprint density at radius 2 is 2.11 bits per heavy atom. The van der Waals surface area contributed by atoms with Crippen molar-refractivity contribution in [3.8, 4) is 0 Å². The molecule has 0 aromatic heterocycles. The van der Waals surface area contributed by atoms with Crippen molar-refractivity contribution in [2.24, 2.45) is 11.3 Å². The quantitative estimate of drug-likeness (QED) is 0.732. The Kier molecular flexibility index (Phi) is 5.67. The van der Waals surface area contributed by atoms with Gasteiger partial charge in [-0.25, -0.2) is 0 Å². The molecule has 0 saturated heterocycles. The maximum Gasteiger partial charge on any atom is 0.0589 e. The van der Waals surface area contributed by atoms with Crippen molar-refractivity contribution >= 4 is 0 Å². The molecular formula is C16H32N2O. The van der Waals surface area contributed by atoms with Gasteiger partial charge in [-0.05, 0) is 44.1 Å². The normalized spacial score (nSPS) is 31.9. The van der Waals surface area contributed by atoms with E-state index in [1.165, 1.54) is 51.6 Å². The van der Waals surface area contributed by atoms with Crippen molar-refractivity contribution in [2.75, 3.05) is 40.4 Å². The van der Waals surface area contributed by atoms with E-state index in [1.54, 1.807) is 7.11 Å². The van der Waals surface area contributed by atoms with Gasteiger partial charge in [-0.3, -0.25) is 0 Å². The lowest BCUT2D eigenvalue weighted by Crippen LogP contribution is -2.46. The third-order valence-electron chi connectivity index (χ3n) is 4.81. The summed E-state index contributed by atoms with van der Waals surface area (Å²) in [7, 11) is 4.04. The molecule has 2 rings (SSSR count). The molecule has 0 bridgehead atoms. The Balaban J connectivity index is 1.87. The summed E-state index contributed by atoms with van der Waals surface area (Å²) in [6.45, 7) is 6.77. The van der Waals surface area contributed by atoms with Crippen LogP contribution in [0.1, 0.15) is 45.4 Å². The number of hydrogen-bond donors (Lipinski definition) is 1. The standard InChI is InChI=1S/C16H32N2O/c1-14-5-4-8-16(11-14,12-17-15-6-7-15)13-18(2)9-10-19-3/h14-15,17H,4-13H2,1-3H3. The summed E-state index contributed by atoms with van der Waals surface area (Å²) in [4.78, 5) is 2.47. The second kappa shape index (κ2) is 7.05. The van der Waals surface area contributed by atoms with Crippen LogP contribution in [0.25, 0.3) is 0 Å². The number of hydrogen-bond acceptors (Lipinski definition) is 3. The van der Waals surface area contributed by atoms with Crippen molar-refractivity contribution in [3.05, 3.63) is 0 Å². The fourth-order valence-corrected chi connectivity index (χ4v) is 3.68. The first-order chi connectivity index (χ1) is 9.13. The molecule has 0 spiro atoms. The minimum Gasteiger partial charge on any atom is -0.383 e. The van der Waals surface area contributed by atoms with Crippen molar-refractivity contribution in [1.29, 1.82) is 0 Å². The minimum absolute atomic E-state index is 0.503. The third-order valence-corrected chi connectivity index (χ3v) is 4.81. The summed E-state index contributed by atoms with van der Waals surface area (Å²) in [6.07, 6.45) is 8.41. The van der Waals surface area contributed by atoms with Crippen LogP contribution < -0.4 is 5.32 Å². The molecule has 2 atom stereocenters. The monoisotopic (exact) mass is 268 g/mol. The molecule has 3 heteroatoms. The Hall–Kier alpha value is -0.120. The van der Waals surface area contributed by atoms with E-state index in [4.69, 9.17) is 4.74 Å². The fraction of sp³-hybridized carbons (Fsp3) is 1.00. The molecular weight excluding hydrogens is 236 g/mol. The van der Waals surface area contributed by atoms with Gasteiger partial charge in [-0.15, -0.1) is 0 Å². The lowest BCUT2D eigenvalue weighted by Gasteiger charge is -2.43. The van der Waals surface area contributed by atoms with Gasteiger partial charge in [0, 0.05) is 32.8 Å². The van der Waals surface area contributed by atoms with Crippen LogP contribution in [0.2, 0.25) is 0 Å². The first kappa shape index (κ1) is 15.3. The summed E-state index contributed by atoms with van der Waals surface area (Å²) < 4.78 is 5.21. The van der Waals surface area contributed by atoms with Gasteiger partial charge >= 0.3 is 0 Å². The number of likely N-dealkylation sites (N-methyl/N-ethyl adjacent to an activating group) is 1. The average Bonchev–Trinajstić information content (AvgIpc) is 3.18. The van der Waals surface area contributed by atoms with Gasteiger partial charge in [-0.2, -0.15) is 0 Å². The maximum atomic E-state index is 5.21. The van der Waals surface area contributed by atoms with E-state index >= 15 is 0 Å². The number of rotatable bonds is 8. The van der Waals surface area contributed by atoms with E-state index in [1.807, 2.05) is 0 Å². The predicted octanol–water partition coefficient (Wildman–Crippen LogP) is 2.51. The largest absolute Gasteiger partial charge is 0.383 e. The summed E-state index contributed by atoms with van der Waals surface area (Å²) in [5, 5.41) is 3.79. The third kappa shape index (κ3) is 5.05. The van der Waals surface area contributed by atoms with Gasteiger partial charge < -0.3 is 15.0 Å². The van der Waals surface area contributed by atoms with Gasteiger partial charge in [0.15, 0.2) is 0 Å². The highest BCUT2D eigenvalue weighted by Gasteiger charge is 2.37. The van der Waals surface area contributed by atoms with E-state index in [0.717, 1.165) is 25.1 Å². The predicted molar refractivity (Wildman–Crippen MR) is 80.5 cm³/mol. The van der Waals surface area contributed by atoms with E-state index in [0.29, 0.717) is 5.41 Å². The van der Waals surface area contributed by atoms with Crippen LogP contribution in [-0.2, 0) is 4.74 Å². The summed E-state index contributed by atoms with van der Waals surface area (Å²) in [6, 6.07) is 0.832. The molecule has 0 aromatic rings. The molecule has 0 heterocycles. The van der Waals surface area contributed by atoms with Crippen LogP contribution in [0.3, 0.4) is 0 Å². The average molecular weight is 268 g/mol. The number of nitrogens with zero attached hydrogens (tertiary/aromatic N) is 1. The summed E-state index contributed by atoms with van der Waals surface area (Å²) in [5.74, 6) is 0.894. The van der Waals surface area contributed by atoms with Crippen LogP contribution >= 0.6 is 0 Å². The van der Waals surface area contributed by atoms with Gasteiger partial charge in [0.1, 0.15) is 0 Å². The smallest absolute Gasteiger partial charge is 0.0589 e. The van der Waals surface area contributed by atoms with Crippen LogP contribution in [0.4, 0.5) is 0 Å². The fourth-order valence-electron chi connectivity index (χ4n) is 3.68. The Morgan fingerprint density at radius 1 is 1.32 bits per heavy atom. The Morgan fingerprint density at radius 3 is 2.74 bits per heavy atom. The highest BCUT2D eigenvalue weighted by molar-refractivity contribution is 4.92. The van der Waals surface area contributed by atoms with E-state index < -0.39 is 0 Å². The number of ether oxygens (including phenoxy) is 1. The topological polar surface area (TPSA) is 24.5 Å². The molecule has 2 aliphatic rings. The van der Waals surface area contributed by atoms with Crippen molar-refractivity contribution in [3.63, 3.8) is 0 Å². The SMILES string of the molecule is COCCN(C)CC1(CNC2CC2)CCCC(C)C1. The molecule has 2 fully saturated rings. The summed E-state index contributed by atoms with van der Waals surface area (Å²) >= 11 is 0. The summed E-state index contributed by atoms with van der Waals surface area (Å²) in [5.41, 5.74) is 0.503.